The van der Waals surface area contributed by atoms with E-state index in [1.54, 1.807) is 0 Å². The molecule has 1 N–H and O–H groups in total. The van der Waals surface area contributed by atoms with Crippen LogP contribution in [0.1, 0.15) is 38.5 Å². The third-order valence-electron chi connectivity index (χ3n) is 5.57. The first-order valence-corrected chi connectivity index (χ1v) is 10.1. The molecule has 0 bridgehead atoms. The number of hydrogen-bond acceptors (Lipinski definition) is 5. The highest BCUT2D eigenvalue weighted by atomic mass is 35.5. The molecule has 30 heavy (non-hydrogen) atoms. The van der Waals surface area contributed by atoms with E-state index in [-0.39, 0.29) is 47.4 Å². The molecule has 158 valence electrons. The standard InChI is InChI=1S/C20H19ClF2N4O3/c21-19-15(10-24-27(20(19)30)16-6-1-11(22)9-14(16)23)25-12-2-4-13(5-3-12)26-17(28)7-8-18(26)29/h1,6,9-10,12-13,25H,2-5,7-8H2. The zero-order valence-electron chi connectivity index (χ0n) is 15.9. The van der Waals surface area contributed by atoms with E-state index in [1.165, 1.54) is 11.1 Å². The van der Waals surface area contributed by atoms with Crippen LogP contribution in [0.15, 0.2) is 29.2 Å². The number of likely N-dealkylation sites (tertiary alicyclic amines) is 1. The van der Waals surface area contributed by atoms with Gasteiger partial charge in [-0.15, -0.1) is 0 Å². The topological polar surface area (TPSA) is 84.3 Å². The summed E-state index contributed by atoms with van der Waals surface area (Å²) in [6.45, 7) is 0. The monoisotopic (exact) mass is 436 g/mol. The van der Waals surface area contributed by atoms with Crippen molar-refractivity contribution in [2.24, 2.45) is 0 Å². The van der Waals surface area contributed by atoms with Crippen LogP contribution in [0, 0.1) is 11.6 Å². The largest absolute Gasteiger partial charge is 0.380 e. The first-order chi connectivity index (χ1) is 14.3. The van der Waals surface area contributed by atoms with Crippen LogP contribution in [-0.4, -0.2) is 38.6 Å². The van der Waals surface area contributed by atoms with Crippen molar-refractivity contribution in [3.63, 3.8) is 0 Å². The predicted molar refractivity (Wildman–Crippen MR) is 106 cm³/mol. The lowest BCUT2D eigenvalue weighted by molar-refractivity contribution is -0.141. The number of rotatable bonds is 4. The highest BCUT2D eigenvalue weighted by Crippen LogP contribution is 2.30. The highest BCUT2D eigenvalue weighted by molar-refractivity contribution is 6.33. The number of halogens is 3. The van der Waals surface area contributed by atoms with Gasteiger partial charge in [0.25, 0.3) is 5.56 Å². The molecule has 2 heterocycles. The number of benzene rings is 1. The zero-order valence-corrected chi connectivity index (χ0v) is 16.7. The second-order valence-corrected chi connectivity index (χ2v) is 7.87. The fourth-order valence-corrected chi connectivity index (χ4v) is 4.24. The third-order valence-corrected chi connectivity index (χ3v) is 5.93. The van der Waals surface area contributed by atoms with Crippen LogP contribution in [0.25, 0.3) is 5.69 Å². The van der Waals surface area contributed by atoms with Gasteiger partial charge in [0, 0.05) is 31.0 Å². The minimum absolute atomic E-state index is 0.00818. The van der Waals surface area contributed by atoms with Crippen molar-refractivity contribution < 1.29 is 18.4 Å². The molecule has 1 saturated carbocycles. The van der Waals surface area contributed by atoms with Gasteiger partial charge in [-0.25, -0.2) is 8.78 Å². The molecule has 0 unspecified atom stereocenters. The fourth-order valence-electron chi connectivity index (χ4n) is 4.06. The molecule has 10 heteroatoms. The Morgan fingerprint density at radius 1 is 1.03 bits per heavy atom. The van der Waals surface area contributed by atoms with Gasteiger partial charge in [-0.05, 0) is 37.8 Å². The van der Waals surface area contributed by atoms with E-state index in [9.17, 15) is 23.2 Å². The molecule has 2 amide bonds. The molecule has 1 aliphatic carbocycles. The fraction of sp³-hybridized carbons (Fsp3) is 0.400. The van der Waals surface area contributed by atoms with Gasteiger partial charge in [0.1, 0.15) is 16.5 Å². The molecule has 2 aromatic rings. The van der Waals surface area contributed by atoms with Crippen LogP contribution in [-0.2, 0) is 9.59 Å². The van der Waals surface area contributed by atoms with Crippen LogP contribution >= 0.6 is 11.6 Å². The maximum Gasteiger partial charge on any atom is 0.292 e. The number of aromatic nitrogens is 2. The number of nitrogens with one attached hydrogen (secondary N) is 1. The van der Waals surface area contributed by atoms with E-state index in [4.69, 9.17) is 11.6 Å². The Bertz CT molecular complexity index is 1050. The summed E-state index contributed by atoms with van der Waals surface area (Å²) in [4.78, 5) is 37.8. The smallest absolute Gasteiger partial charge is 0.292 e. The second-order valence-electron chi connectivity index (χ2n) is 7.49. The molecule has 0 spiro atoms. The maximum atomic E-state index is 14.0. The summed E-state index contributed by atoms with van der Waals surface area (Å²) in [7, 11) is 0. The molecule has 0 radical (unpaired) electrons. The highest BCUT2D eigenvalue weighted by Gasteiger charge is 2.37. The molecule has 4 rings (SSSR count). The molecule has 1 aromatic carbocycles. The summed E-state index contributed by atoms with van der Waals surface area (Å²) < 4.78 is 27.9. The SMILES string of the molecule is O=C1CCC(=O)N1C1CCC(Nc2cnn(-c3ccc(F)cc3F)c(=O)c2Cl)CC1. The number of anilines is 1. The molecule has 1 aromatic heterocycles. The molecule has 1 saturated heterocycles. The lowest BCUT2D eigenvalue weighted by Crippen LogP contribution is -2.43. The predicted octanol–water partition coefficient (Wildman–Crippen LogP) is 3.04. The van der Waals surface area contributed by atoms with Crippen molar-refractivity contribution in [2.75, 3.05) is 5.32 Å². The summed E-state index contributed by atoms with van der Waals surface area (Å²) in [5.41, 5.74) is -0.610. The second kappa shape index (κ2) is 8.14. The van der Waals surface area contributed by atoms with Gasteiger partial charge >= 0.3 is 0 Å². The van der Waals surface area contributed by atoms with E-state index in [0.717, 1.165) is 16.8 Å². The molecule has 2 aliphatic rings. The number of amides is 2. The van der Waals surface area contributed by atoms with Crippen molar-refractivity contribution in [2.45, 2.75) is 50.6 Å². The molecule has 1 aliphatic heterocycles. The summed E-state index contributed by atoms with van der Waals surface area (Å²) in [5.74, 6) is -1.91. The van der Waals surface area contributed by atoms with Gasteiger partial charge in [0.15, 0.2) is 5.82 Å². The summed E-state index contributed by atoms with van der Waals surface area (Å²) in [5, 5.41) is 6.98. The van der Waals surface area contributed by atoms with Crippen LogP contribution in [0.5, 0.6) is 0 Å². The third kappa shape index (κ3) is 3.81. The van der Waals surface area contributed by atoms with E-state index in [1.807, 2.05) is 0 Å². The minimum Gasteiger partial charge on any atom is -0.380 e. The van der Waals surface area contributed by atoms with Gasteiger partial charge in [-0.2, -0.15) is 9.78 Å². The van der Waals surface area contributed by atoms with E-state index < -0.39 is 17.2 Å². The van der Waals surface area contributed by atoms with Crippen molar-refractivity contribution in [1.29, 1.82) is 0 Å². The van der Waals surface area contributed by atoms with E-state index in [2.05, 4.69) is 10.4 Å². The van der Waals surface area contributed by atoms with Crippen molar-refractivity contribution >= 4 is 29.1 Å². The number of imide groups is 1. The van der Waals surface area contributed by atoms with Gasteiger partial charge in [-0.1, -0.05) is 11.6 Å². The quantitative estimate of drug-likeness (QED) is 0.745. The Morgan fingerprint density at radius 3 is 2.33 bits per heavy atom. The van der Waals surface area contributed by atoms with Gasteiger partial charge < -0.3 is 5.32 Å². The van der Waals surface area contributed by atoms with Crippen LogP contribution in [0.3, 0.4) is 0 Å². The first-order valence-electron chi connectivity index (χ1n) is 9.70. The lowest BCUT2D eigenvalue weighted by atomic mass is 9.90. The minimum atomic E-state index is -0.925. The average Bonchev–Trinajstić information content (AvgIpc) is 3.05. The molecular weight excluding hydrogens is 418 g/mol. The molecular formula is C20H19ClF2N4O3. The number of hydrogen-bond donors (Lipinski definition) is 1. The van der Waals surface area contributed by atoms with Crippen LogP contribution in [0.4, 0.5) is 14.5 Å². The number of nitrogens with zero attached hydrogens (tertiary/aromatic N) is 3. The van der Waals surface area contributed by atoms with Crippen molar-refractivity contribution in [3.05, 3.63) is 51.4 Å². The van der Waals surface area contributed by atoms with Crippen molar-refractivity contribution in [1.82, 2.24) is 14.7 Å². The Morgan fingerprint density at radius 2 is 1.70 bits per heavy atom. The molecule has 7 nitrogen and oxygen atoms in total. The summed E-state index contributed by atoms with van der Waals surface area (Å²) >= 11 is 6.19. The Hall–Kier alpha value is -2.81. The Kier molecular flexibility index (Phi) is 5.55. The van der Waals surface area contributed by atoms with Crippen molar-refractivity contribution in [3.8, 4) is 5.69 Å². The molecule has 0 atom stereocenters. The number of carbonyl (C=O) groups is 2. The summed E-state index contributed by atoms with van der Waals surface area (Å²) in [6.07, 6.45) is 4.59. The van der Waals surface area contributed by atoms with E-state index >= 15 is 0 Å². The van der Waals surface area contributed by atoms with E-state index in [0.29, 0.717) is 37.4 Å². The Balaban J connectivity index is 1.46. The summed E-state index contributed by atoms with van der Waals surface area (Å²) in [6, 6.07) is 2.71. The normalized spacial score (nSPS) is 21.9. The zero-order chi connectivity index (χ0) is 21.4. The van der Waals surface area contributed by atoms with Gasteiger partial charge in [0.05, 0.1) is 11.9 Å². The number of carbonyl (C=O) groups excluding carboxylic acids is 2. The van der Waals surface area contributed by atoms with Crippen LogP contribution < -0.4 is 10.9 Å². The lowest BCUT2D eigenvalue weighted by Gasteiger charge is -2.34. The van der Waals surface area contributed by atoms with Gasteiger partial charge in [-0.3, -0.25) is 19.3 Å². The Labute approximate surface area is 175 Å². The van der Waals surface area contributed by atoms with Crippen LogP contribution in [0.2, 0.25) is 5.02 Å². The first kappa shape index (κ1) is 20.5. The average molecular weight is 437 g/mol. The van der Waals surface area contributed by atoms with Gasteiger partial charge in [0.2, 0.25) is 11.8 Å². The maximum absolute atomic E-state index is 14.0. The molecule has 2 fully saturated rings.